The summed E-state index contributed by atoms with van der Waals surface area (Å²) in [6, 6.07) is 9.98. The van der Waals surface area contributed by atoms with Crippen molar-refractivity contribution >= 4 is 5.91 Å². The van der Waals surface area contributed by atoms with Gasteiger partial charge in [0.05, 0.1) is 5.41 Å². The summed E-state index contributed by atoms with van der Waals surface area (Å²) in [6.07, 6.45) is 8.37. The normalized spacial score (nSPS) is 15.6. The Bertz CT molecular complexity index is 473. The van der Waals surface area contributed by atoms with Crippen LogP contribution in [0.2, 0.25) is 0 Å². The van der Waals surface area contributed by atoms with E-state index in [-0.39, 0.29) is 5.91 Å². The Labute approximate surface area is 122 Å². The van der Waals surface area contributed by atoms with Crippen LogP contribution in [-0.2, 0) is 10.2 Å². The second kappa shape index (κ2) is 6.74. The maximum atomic E-state index is 12.4. The number of benzene rings is 1. The van der Waals surface area contributed by atoms with Gasteiger partial charge in [0.1, 0.15) is 0 Å². The largest absolute Gasteiger partial charge is 0.355 e. The molecule has 108 valence electrons. The molecule has 0 aromatic heterocycles. The fraction of sp³-hybridized carbons (Fsp3) is 0.500. The summed E-state index contributed by atoms with van der Waals surface area (Å²) in [4.78, 5) is 12.4. The van der Waals surface area contributed by atoms with Crippen LogP contribution in [0.1, 0.15) is 51.5 Å². The molecule has 0 spiro atoms. The van der Waals surface area contributed by atoms with Crippen molar-refractivity contribution in [3.63, 3.8) is 0 Å². The molecular weight excluding hydrogens is 246 g/mol. The van der Waals surface area contributed by atoms with Gasteiger partial charge in [-0.2, -0.15) is 0 Å². The average Bonchev–Trinajstić information content (AvgIpc) is 2.49. The van der Waals surface area contributed by atoms with Crippen molar-refractivity contribution in [2.45, 2.75) is 51.4 Å². The zero-order valence-electron chi connectivity index (χ0n) is 12.6. The van der Waals surface area contributed by atoms with Crippen LogP contribution in [0.15, 0.2) is 42.0 Å². The molecule has 0 atom stereocenters. The predicted molar refractivity (Wildman–Crippen MR) is 83.6 cm³/mol. The van der Waals surface area contributed by atoms with Crippen LogP contribution in [0.4, 0.5) is 0 Å². The summed E-state index contributed by atoms with van der Waals surface area (Å²) in [6.45, 7) is 4.72. The minimum absolute atomic E-state index is 0.111. The van der Waals surface area contributed by atoms with Gasteiger partial charge in [-0.1, -0.05) is 42.0 Å². The highest BCUT2D eigenvalue weighted by atomic mass is 16.2. The minimum atomic E-state index is -0.470. The van der Waals surface area contributed by atoms with Crippen molar-refractivity contribution in [1.82, 2.24) is 5.32 Å². The number of allylic oxidation sites excluding steroid dienone is 1. The van der Waals surface area contributed by atoms with Gasteiger partial charge < -0.3 is 5.32 Å². The van der Waals surface area contributed by atoms with E-state index in [1.807, 2.05) is 44.2 Å². The van der Waals surface area contributed by atoms with Gasteiger partial charge in [-0.25, -0.2) is 0 Å². The lowest BCUT2D eigenvalue weighted by Crippen LogP contribution is -2.40. The molecule has 1 amide bonds. The van der Waals surface area contributed by atoms with E-state index in [0.717, 1.165) is 18.5 Å². The van der Waals surface area contributed by atoms with Crippen LogP contribution < -0.4 is 5.32 Å². The third-order valence-corrected chi connectivity index (χ3v) is 4.18. The van der Waals surface area contributed by atoms with Crippen molar-refractivity contribution in [2.75, 3.05) is 6.54 Å². The maximum Gasteiger partial charge on any atom is 0.230 e. The van der Waals surface area contributed by atoms with Gasteiger partial charge in [0, 0.05) is 6.54 Å². The first-order chi connectivity index (χ1) is 9.60. The summed E-state index contributed by atoms with van der Waals surface area (Å²) >= 11 is 0. The molecule has 2 heteroatoms. The Kier molecular flexibility index (Phi) is 4.99. The van der Waals surface area contributed by atoms with E-state index in [0.29, 0.717) is 0 Å². The van der Waals surface area contributed by atoms with Gasteiger partial charge in [0.2, 0.25) is 5.91 Å². The molecular formula is C18H25NO. The number of hydrogen-bond acceptors (Lipinski definition) is 1. The van der Waals surface area contributed by atoms with Crippen LogP contribution >= 0.6 is 0 Å². The van der Waals surface area contributed by atoms with Gasteiger partial charge in [-0.3, -0.25) is 4.79 Å². The van der Waals surface area contributed by atoms with E-state index in [2.05, 4.69) is 11.4 Å². The Balaban J connectivity index is 1.86. The fourth-order valence-corrected chi connectivity index (χ4v) is 2.68. The highest BCUT2D eigenvalue weighted by molar-refractivity contribution is 5.87. The summed E-state index contributed by atoms with van der Waals surface area (Å²) in [7, 11) is 0. The lowest BCUT2D eigenvalue weighted by Gasteiger charge is -2.24. The zero-order chi connectivity index (χ0) is 14.4. The highest BCUT2D eigenvalue weighted by Gasteiger charge is 2.29. The van der Waals surface area contributed by atoms with E-state index in [4.69, 9.17) is 0 Å². The molecule has 0 fully saturated rings. The van der Waals surface area contributed by atoms with E-state index in [1.54, 1.807) is 0 Å². The van der Waals surface area contributed by atoms with Crippen LogP contribution in [0.25, 0.3) is 0 Å². The van der Waals surface area contributed by atoms with Crippen molar-refractivity contribution < 1.29 is 4.79 Å². The predicted octanol–water partition coefficient (Wildman–Crippen LogP) is 3.97. The summed E-state index contributed by atoms with van der Waals surface area (Å²) < 4.78 is 0. The first-order valence-corrected chi connectivity index (χ1v) is 7.62. The SMILES string of the molecule is CC(C)(C(=O)NCCC1=CCCCC1)c1ccccc1. The third kappa shape index (κ3) is 3.72. The maximum absolute atomic E-state index is 12.4. The Morgan fingerprint density at radius 3 is 2.60 bits per heavy atom. The molecule has 0 saturated carbocycles. The molecule has 0 saturated heterocycles. The number of rotatable bonds is 5. The summed E-state index contributed by atoms with van der Waals surface area (Å²) in [5.41, 5.74) is 2.10. The number of carbonyl (C=O) groups excluding carboxylic acids is 1. The Hall–Kier alpha value is -1.57. The van der Waals surface area contributed by atoms with Crippen molar-refractivity contribution in [3.05, 3.63) is 47.5 Å². The molecule has 1 aromatic rings. The van der Waals surface area contributed by atoms with E-state index in [9.17, 15) is 4.79 Å². The molecule has 1 aliphatic carbocycles. The lowest BCUT2D eigenvalue weighted by molar-refractivity contribution is -0.125. The van der Waals surface area contributed by atoms with E-state index < -0.39 is 5.41 Å². The lowest BCUT2D eigenvalue weighted by atomic mass is 9.83. The van der Waals surface area contributed by atoms with Gasteiger partial charge in [-0.15, -0.1) is 0 Å². The fourth-order valence-electron chi connectivity index (χ4n) is 2.68. The first-order valence-electron chi connectivity index (χ1n) is 7.62. The van der Waals surface area contributed by atoms with Crippen molar-refractivity contribution in [2.24, 2.45) is 0 Å². The molecule has 0 aliphatic heterocycles. The van der Waals surface area contributed by atoms with Gasteiger partial charge >= 0.3 is 0 Å². The number of nitrogens with one attached hydrogen (secondary N) is 1. The van der Waals surface area contributed by atoms with Crippen molar-refractivity contribution in [3.8, 4) is 0 Å². The smallest absolute Gasteiger partial charge is 0.230 e. The Morgan fingerprint density at radius 2 is 1.95 bits per heavy atom. The van der Waals surface area contributed by atoms with E-state index >= 15 is 0 Å². The third-order valence-electron chi connectivity index (χ3n) is 4.18. The molecule has 0 unspecified atom stereocenters. The molecule has 0 bridgehead atoms. The summed E-state index contributed by atoms with van der Waals surface area (Å²) in [5, 5.41) is 3.09. The first kappa shape index (κ1) is 14.8. The van der Waals surface area contributed by atoms with Crippen LogP contribution in [0.5, 0.6) is 0 Å². The van der Waals surface area contributed by atoms with Crippen LogP contribution in [-0.4, -0.2) is 12.5 Å². The van der Waals surface area contributed by atoms with Crippen LogP contribution in [0.3, 0.4) is 0 Å². The molecule has 2 rings (SSSR count). The summed E-state index contributed by atoms with van der Waals surface area (Å²) in [5.74, 6) is 0.111. The number of amides is 1. The van der Waals surface area contributed by atoms with Crippen molar-refractivity contribution in [1.29, 1.82) is 0 Å². The molecule has 0 heterocycles. The van der Waals surface area contributed by atoms with E-state index in [1.165, 1.54) is 31.3 Å². The zero-order valence-corrected chi connectivity index (χ0v) is 12.6. The topological polar surface area (TPSA) is 29.1 Å². The number of hydrogen-bond donors (Lipinski definition) is 1. The molecule has 1 N–H and O–H groups in total. The van der Waals surface area contributed by atoms with Gasteiger partial charge in [-0.05, 0) is 51.5 Å². The molecule has 0 radical (unpaired) electrons. The average molecular weight is 271 g/mol. The molecule has 2 nitrogen and oxygen atoms in total. The van der Waals surface area contributed by atoms with Gasteiger partial charge in [0.15, 0.2) is 0 Å². The Morgan fingerprint density at radius 1 is 1.20 bits per heavy atom. The highest BCUT2D eigenvalue weighted by Crippen LogP contribution is 2.23. The van der Waals surface area contributed by atoms with Gasteiger partial charge in [0.25, 0.3) is 0 Å². The molecule has 1 aromatic carbocycles. The molecule has 1 aliphatic rings. The second-order valence-corrected chi connectivity index (χ2v) is 6.11. The monoisotopic (exact) mass is 271 g/mol. The minimum Gasteiger partial charge on any atom is -0.355 e. The molecule has 20 heavy (non-hydrogen) atoms. The van der Waals surface area contributed by atoms with Crippen LogP contribution in [0, 0.1) is 0 Å². The second-order valence-electron chi connectivity index (χ2n) is 6.11. The number of carbonyl (C=O) groups is 1. The standard InChI is InChI=1S/C18H25NO/c1-18(2,16-11-7-4-8-12-16)17(20)19-14-13-15-9-5-3-6-10-15/h4,7-9,11-12H,3,5-6,10,13-14H2,1-2H3,(H,19,20). The quantitative estimate of drug-likeness (QED) is 0.807.